The third kappa shape index (κ3) is 2.07. The number of methoxy groups -OCH3 is 3. The second kappa shape index (κ2) is 5.04. The van der Waals surface area contributed by atoms with Gasteiger partial charge in [-0.15, -0.1) is 0 Å². The lowest BCUT2D eigenvalue weighted by atomic mass is 9.99. The molecule has 0 amide bonds. The maximum Gasteiger partial charge on any atom is 0.184 e. The van der Waals surface area contributed by atoms with E-state index in [1.807, 2.05) is 6.92 Å². The summed E-state index contributed by atoms with van der Waals surface area (Å²) in [6.07, 6.45) is -2.24. The van der Waals surface area contributed by atoms with Crippen LogP contribution < -0.4 is 0 Å². The van der Waals surface area contributed by atoms with Crippen LogP contribution >= 0.6 is 0 Å². The Labute approximate surface area is 83.9 Å². The van der Waals surface area contributed by atoms with E-state index in [2.05, 4.69) is 0 Å². The fraction of sp³-hybridized carbons (Fsp3) is 1.00. The van der Waals surface area contributed by atoms with Gasteiger partial charge in [0.2, 0.25) is 0 Å². The molecule has 0 aromatic heterocycles. The molecule has 1 N–H and O–H groups in total. The van der Waals surface area contributed by atoms with Crippen LogP contribution in [0.15, 0.2) is 0 Å². The fourth-order valence-electron chi connectivity index (χ4n) is 1.84. The molecule has 0 radical (unpaired) electrons. The van der Waals surface area contributed by atoms with Crippen LogP contribution in [0.1, 0.15) is 6.92 Å². The Morgan fingerprint density at radius 3 is 1.86 bits per heavy atom. The highest BCUT2D eigenvalue weighted by molar-refractivity contribution is 4.89. The van der Waals surface area contributed by atoms with E-state index in [0.717, 1.165) is 0 Å². The number of hydrogen-bond acceptors (Lipinski definition) is 5. The predicted octanol–water partition coefficient (Wildman–Crippen LogP) is -0.232. The van der Waals surface area contributed by atoms with Gasteiger partial charge < -0.3 is 24.1 Å². The largest absolute Gasteiger partial charge is 0.376 e. The van der Waals surface area contributed by atoms with Crippen molar-refractivity contribution in [1.82, 2.24) is 0 Å². The first-order valence-corrected chi connectivity index (χ1v) is 4.57. The third-order valence-electron chi connectivity index (χ3n) is 2.56. The van der Waals surface area contributed by atoms with E-state index in [9.17, 15) is 5.11 Å². The molecule has 1 aliphatic heterocycles. The van der Waals surface area contributed by atoms with Crippen LogP contribution in [0.2, 0.25) is 0 Å². The van der Waals surface area contributed by atoms with Crippen LogP contribution in [0, 0.1) is 0 Å². The van der Waals surface area contributed by atoms with Gasteiger partial charge in [0.25, 0.3) is 0 Å². The molecule has 1 heterocycles. The highest BCUT2D eigenvalue weighted by atomic mass is 16.7. The third-order valence-corrected chi connectivity index (χ3v) is 2.56. The van der Waals surface area contributed by atoms with Crippen molar-refractivity contribution in [2.45, 2.75) is 37.6 Å². The monoisotopic (exact) mass is 206 g/mol. The molecule has 14 heavy (non-hydrogen) atoms. The summed E-state index contributed by atoms with van der Waals surface area (Å²) in [4.78, 5) is 0. The van der Waals surface area contributed by atoms with Crippen LogP contribution in [-0.2, 0) is 18.9 Å². The van der Waals surface area contributed by atoms with Gasteiger partial charge in [0.05, 0.1) is 6.10 Å². The average Bonchev–Trinajstić information content (AvgIpc) is 2.16. The Morgan fingerprint density at radius 1 is 0.929 bits per heavy atom. The lowest BCUT2D eigenvalue weighted by Gasteiger charge is -2.41. The minimum absolute atomic E-state index is 0.216. The standard InChI is InChI=1S/C9H18O5/c1-5-6(11-2)7(12-3)8(13-4)9(10)14-5/h5-10H,1-4H3/t5-,6-,7-,8-,9+/m0/s1. The van der Waals surface area contributed by atoms with E-state index in [1.165, 1.54) is 7.11 Å². The van der Waals surface area contributed by atoms with Gasteiger partial charge >= 0.3 is 0 Å². The zero-order valence-electron chi connectivity index (χ0n) is 8.97. The summed E-state index contributed by atoms with van der Waals surface area (Å²) in [5, 5.41) is 9.57. The molecule has 84 valence electrons. The smallest absolute Gasteiger partial charge is 0.184 e. The topological polar surface area (TPSA) is 57.2 Å². The number of aliphatic hydroxyl groups is 1. The highest BCUT2D eigenvalue weighted by Crippen LogP contribution is 2.25. The van der Waals surface area contributed by atoms with Crippen LogP contribution in [0.4, 0.5) is 0 Å². The highest BCUT2D eigenvalue weighted by Gasteiger charge is 2.44. The van der Waals surface area contributed by atoms with Crippen LogP contribution in [0.5, 0.6) is 0 Å². The Balaban J connectivity index is 2.76. The van der Waals surface area contributed by atoms with E-state index in [4.69, 9.17) is 18.9 Å². The van der Waals surface area contributed by atoms with Gasteiger partial charge in [-0.1, -0.05) is 0 Å². The molecule has 5 nitrogen and oxygen atoms in total. The summed E-state index contributed by atoms with van der Waals surface area (Å²) in [5.41, 5.74) is 0. The molecular weight excluding hydrogens is 188 g/mol. The molecule has 5 heteroatoms. The van der Waals surface area contributed by atoms with Gasteiger partial charge in [-0.3, -0.25) is 0 Å². The Hall–Kier alpha value is -0.200. The minimum Gasteiger partial charge on any atom is -0.376 e. The van der Waals surface area contributed by atoms with E-state index >= 15 is 0 Å². The van der Waals surface area contributed by atoms with Crippen LogP contribution in [0.25, 0.3) is 0 Å². The van der Waals surface area contributed by atoms with E-state index in [0.29, 0.717) is 0 Å². The molecule has 0 aromatic carbocycles. The Morgan fingerprint density at radius 2 is 1.43 bits per heavy atom. The summed E-state index contributed by atoms with van der Waals surface area (Å²) >= 11 is 0. The molecule has 1 aliphatic rings. The van der Waals surface area contributed by atoms with Crippen molar-refractivity contribution in [3.8, 4) is 0 Å². The van der Waals surface area contributed by atoms with Crippen molar-refractivity contribution < 1.29 is 24.1 Å². The molecular formula is C9H18O5. The maximum atomic E-state index is 9.57. The molecule has 1 saturated heterocycles. The van der Waals surface area contributed by atoms with Crippen molar-refractivity contribution >= 4 is 0 Å². The van der Waals surface area contributed by atoms with E-state index < -0.39 is 12.4 Å². The molecule has 0 unspecified atom stereocenters. The van der Waals surface area contributed by atoms with Crippen molar-refractivity contribution in [3.63, 3.8) is 0 Å². The summed E-state index contributed by atoms with van der Waals surface area (Å²) in [7, 11) is 4.65. The van der Waals surface area contributed by atoms with Crippen molar-refractivity contribution in [1.29, 1.82) is 0 Å². The second-order valence-corrected chi connectivity index (χ2v) is 3.33. The lowest BCUT2D eigenvalue weighted by Crippen LogP contribution is -2.58. The number of aliphatic hydroxyl groups excluding tert-OH is 1. The fourth-order valence-corrected chi connectivity index (χ4v) is 1.84. The minimum atomic E-state index is -0.966. The zero-order valence-corrected chi connectivity index (χ0v) is 8.97. The quantitative estimate of drug-likeness (QED) is 0.691. The van der Waals surface area contributed by atoms with Crippen molar-refractivity contribution in [2.75, 3.05) is 21.3 Å². The summed E-state index contributed by atoms with van der Waals surface area (Å²) in [6.45, 7) is 1.83. The Kier molecular flexibility index (Phi) is 4.28. The van der Waals surface area contributed by atoms with Crippen LogP contribution in [-0.4, -0.2) is 57.1 Å². The predicted molar refractivity (Wildman–Crippen MR) is 48.9 cm³/mol. The first-order chi connectivity index (χ1) is 6.65. The second-order valence-electron chi connectivity index (χ2n) is 3.33. The van der Waals surface area contributed by atoms with Gasteiger partial charge in [0.15, 0.2) is 6.29 Å². The van der Waals surface area contributed by atoms with Crippen molar-refractivity contribution in [2.24, 2.45) is 0 Å². The molecule has 0 saturated carbocycles. The molecule has 0 spiro atoms. The van der Waals surface area contributed by atoms with Gasteiger partial charge in [-0.05, 0) is 6.92 Å². The lowest BCUT2D eigenvalue weighted by molar-refractivity contribution is -0.291. The molecule has 5 atom stereocenters. The molecule has 0 aromatic rings. The van der Waals surface area contributed by atoms with Gasteiger partial charge in [0, 0.05) is 21.3 Å². The zero-order chi connectivity index (χ0) is 10.7. The van der Waals surface area contributed by atoms with E-state index in [-0.39, 0.29) is 18.3 Å². The summed E-state index contributed by atoms with van der Waals surface area (Å²) in [6, 6.07) is 0. The number of ether oxygens (including phenoxy) is 4. The first-order valence-electron chi connectivity index (χ1n) is 4.57. The molecule has 1 fully saturated rings. The molecule has 0 aliphatic carbocycles. The van der Waals surface area contributed by atoms with Gasteiger partial charge in [-0.2, -0.15) is 0 Å². The maximum absolute atomic E-state index is 9.57. The first kappa shape index (κ1) is 11.9. The summed E-state index contributed by atoms with van der Waals surface area (Å²) in [5.74, 6) is 0. The number of rotatable bonds is 3. The average molecular weight is 206 g/mol. The number of hydrogen-bond donors (Lipinski definition) is 1. The SMILES string of the molecule is CO[C@H]1[C@@H](OC)[C@H](C)O[C@@H](O)[C@H]1OC. The normalized spacial score (nSPS) is 43.9. The Bertz CT molecular complexity index is 159. The van der Waals surface area contributed by atoms with Crippen LogP contribution in [0.3, 0.4) is 0 Å². The van der Waals surface area contributed by atoms with Crippen molar-refractivity contribution in [3.05, 3.63) is 0 Å². The van der Waals surface area contributed by atoms with E-state index in [1.54, 1.807) is 14.2 Å². The van der Waals surface area contributed by atoms with Gasteiger partial charge in [0.1, 0.15) is 18.3 Å². The molecule has 0 bridgehead atoms. The van der Waals surface area contributed by atoms with Gasteiger partial charge in [-0.25, -0.2) is 0 Å². The summed E-state index contributed by atoms with van der Waals surface area (Å²) < 4.78 is 20.9. The molecule has 1 rings (SSSR count).